The van der Waals surface area contributed by atoms with Gasteiger partial charge in [0.2, 0.25) is 0 Å². The third kappa shape index (κ3) is 1.04. The monoisotopic (exact) mass is 204 g/mol. The van der Waals surface area contributed by atoms with Crippen LogP contribution in [-0.2, 0) is 0 Å². The summed E-state index contributed by atoms with van der Waals surface area (Å²) in [5.74, 6) is 2.29. The molecule has 0 unspecified atom stereocenters. The minimum Gasteiger partial charge on any atom is -0.0499 e. The van der Waals surface area contributed by atoms with E-state index in [1.165, 1.54) is 0 Å². The summed E-state index contributed by atoms with van der Waals surface area (Å²) in [5, 5.41) is 0. The van der Waals surface area contributed by atoms with Crippen molar-refractivity contribution in [1.82, 2.24) is 0 Å². The van der Waals surface area contributed by atoms with E-state index in [4.69, 9.17) is 0 Å². The van der Waals surface area contributed by atoms with Crippen LogP contribution in [0.25, 0.3) is 0 Å². The molecule has 0 heteroatoms. The van der Waals surface area contributed by atoms with Gasteiger partial charge in [0.25, 0.3) is 0 Å². The van der Waals surface area contributed by atoms with Crippen LogP contribution in [0.5, 0.6) is 0 Å². The predicted octanol–water partition coefficient (Wildman–Crippen LogP) is 4.54. The van der Waals surface area contributed by atoms with E-state index in [1.54, 1.807) is 70.6 Å². The van der Waals surface area contributed by atoms with Gasteiger partial charge in [-0.3, -0.25) is 0 Å². The number of hydrogen-bond donors (Lipinski definition) is 0. The molecule has 0 nitrogen and oxygen atoms in total. The lowest BCUT2D eigenvalue weighted by molar-refractivity contribution is -0.0571. The molecule has 5 rings (SSSR count). The Bertz CT molecular complexity index is 248. The molecule has 4 bridgehead atoms. The Morgan fingerprint density at radius 1 is 0.533 bits per heavy atom. The van der Waals surface area contributed by atoms with E-state index >= 15 is 0 Å². The largest absolute Gasteiger partial charge is 0.0499 e. The second kappa shape index (κ2) is 2.81. The summed E-state index contributed by atoms with van der Waals surface area (Å²) < 4.78 is 0. The molecular weight excluding hydrogens is 180 g/mol. The highest BCUT2D eigenvalue weighted by Crippen LogP contribution is 2.70. The highest BCUT2D eigenvalue weighted by molar-refractivity contribution is 5.09. The lowest BCUT2D eigenvalue weighted by Crippen LogP contribution is -2.45. The summed E-state index contributed by atoms with van der Waals surface area (Å²) in [7, 11) is 0. The van der Waals surface area contributed by atoms with Crippen LogP contribution in [0.2, 0.25) is 0 Å². The van der Waals surface area contributed by atoms with Crippen LogP contribution >= 0.6 is 0 Å². The van der Waals surface area contributed by atoms with Crippen molar-refractivity contribution in [3.8, 4) is 0 Å². The quantitative estimate of drug-likeness (QED) is 0.588. The van der Waals surface area contributed by atoms with Crippen LogP contribution in [0, 0.1) is 22.7 Å². The number of fused-ring (bicyclic) bond motifs is 5. The van der Waals surface area contributed by atoms with Crippen molar-refractivity contribution in [2.24, 2.45) is 22.7 Å². The van der Waals surface area contributed by atoms with Gasteiger partial charge >= 0.3 is 0 Å². The smallest absolute Gasteiger partial charge is 0.0238 e. The first-order valence-corrected chi connectivity index (χ1v) is 7.32. The van der Waals surface area contributed by atoms with Crippen LogP contribution in [0.4, 0.5) is 0 Å². The molecule has 0 N–H and O–H groups in total. The molecule has 0 aromatic heterocycles. The standard InChI is InChI=1S/C15H24/c1-6-14(7-2-12(1)3-8-14)15-9-4-13(11-15)5-10-15/h12-13H,1-11H2. The summed E-state index contributed by atoms with van der Waals surface area (Å²) in [5.41, 5.74) is 1.72. The molecule has 5 saturated carbocycles. The van der Waals surface area contributed by atoms with E-state index in [2.05, 4.69) is 0 Å². The summed E-state index contributed by atoms with van der Waals surface area (Å²) in [6, 6.07) is 0. The Morgan fingerprint density at radius 2 is 1.00 bits per heavy atom. The van der Waals surface area contributed by atoms with E-state index in [0.29, 0.717) is 0 Å². The van der Waals surface area contributed by atoms with Crippen molar-refractivity contribution in [2.45, 2.75) is 70.6 Å². The Hall–Kier alpha value is 0. The molecule has 0 aromatic rings. The average molecular weight is 204 g/mol. The molecule has 0 radical (unpaired) electrons. The second-order valence-corrected chi connectivity index (χ2v) is 7.19. The highest BCUT2D eigenvalue weighted by atomic mass is 14.6. The zero-order valence-corrected chi connectivity index (χ0v) is 9.93. The second-order valence-electron chi connectivity index (χ2n) is 7.19. The van der Waals surface area contributed by atoms with Gasteiger partial charge in [-0.25, -0.2) is 0 Å². The third-order valence-electron chi connectivity index (χ3n) is 6.96. The molecule has 0 atom stereocenters. The molecule has 5 aliphatic rings. The van der Waals surface area contributed by atoms with Crippen LogP contribution in [0.15, 0.2) is 0 Å². The van der Waals surface area contributed by atoms with Gasteiger partial charge in [-0.1, -0.05) is 0 Å². The summed E-state index contributed by atoms with van der Waals surface area (Å²) in [6.45, 7) is 0. The Balaban J connectivity index is 1.70. The third-order valence-corrected chi connectivity index (χ3v) is 6.96. The Labute approximate surface area is 93.8 Å². The van der Waals surface area contributed by atoms with E-state index in [0.717, 1.165) is 22.7 Å². The van der Waals surface area contributed by atoms with Crippen molar-refractivity contribution in [3.63, 3.8) is 0 Å². The van der Waals surface area contributed by atoms with Crippen molar-refractivity contribution in [1.29, 1.82) is 0 Å². The van der Waals surface area contributed by atoms with E-state index in [1.807, 2.05) is 0 Å². The van der Waals surface area contributed by atoms with Crippen LogP contribution in [0.1, 0.15) is 70.6 Å². The maximum Gasteiger partial charge on any atom is -0.0238 e. The summed E-state index contributed by atoms with van der Waals surface area (Å²) >= 11 is 0. The molecule has 0 spiro atoms. The minimum absolute atomic E-state index is 0.854. The fourth-order valence-electron chi connectivity index (χ4n) is 5.98. The van der Waals surface area contributed by atoms with Gasteiger partial charge in [0.15, 0.2) is 0 Å². The SMILES string of the molecule is C1CC2(C34CCC(CC3)C4)CCC1CC2. The van der Waals surface area contributed by atoms with Gasteiger partial charge < -0.3 is 0 Å². The molecule has 15 heavy (non-hydrogen) atoms. The Kier molecular flexibility index (Phi) is 1.70. The Morgan fingerprint density at radius 3 is 1.47 bits per heavy atom. The van der Waals surface area contributed by atoms with E-state index in [9.17, 15) is 0 Å². The molecule has 0 saturated heterocycles. The fourth-order valence-corrected chi connectivity index (χ4v) is 5.98. The van der Waals surface area contributed by atoms with Gasteiger partial charge in [0.05, 0.1) is 0 Å². The maximum absolute atomic E-state index is 1.64. The normalized spacial score (nSPS) is 57.6. The van der Waals surface area contributed by atoms with Gasteiger partial charge in [-0.05, 0) is 93.3 Å². The van der Waals surface area contributed by atoms with Crippen molar-refractivity contribution < 1.29 is 0 Å². The molecule has 5 aliphatic carbocycles. The fraction of sp³-hybridized carbons (Fsp3) is 1.00. The highest BCUT2D eigenvalue weighted by Gasteiger charge is 2.59. The molecule has 84 valence electrons. The minimum atomic E-state index is 0.854. The zero-order chi connectivity index (χ0) is 9.93. The van der Waals surface area contributed by atoms with Gasteiger partial charge in [0, 0.05) is 0 Å². The predicted molar refractivity (Wildman–Crippen MR) is 62.6 cm³/mol. The molecule has 0 heterocycles. The summed E-state index contributed by atoms with van der Waals surface area (Å²) in [6.07, 6.45) is 17.7. The molecule has 0 aromatic carbocycles. The molecular formula is C15H24. The number of hydrogen-bond acceptors (Lipinski definition) is 0. The van der Waals surface area contributed by atoms with Gasteiger partial charge in [-0.15, -0.1) is 0 Å². The average Bonchev–Trinajstić information content (AvgIpc) is 2.93. The van der Waals surface area contributed by atoms with E-state index < -0.39 is 0 Å². The lowest BCUT2D eigenvalue weighted by Gasteiger charge is -2.56. The first-order valence-electron chi connectivity index (χ1n) is 7.32. The first-order chi connectivity index (χ1) is 7.32. The number of rotatable bonds is 1. The zero-order valence-electron chi connectivity index (χ0n) is 9.93. The molecule has 5 fully saturated rings. The van der Waals surface area contributed by atoms with E-state index in [-0.39, 0.29) is 0 Å². The summed E-state index contributed by atoms with van der Waals surface area (Å²) in [4.78, 5) is 0. The molecule has 0 amide bonds. The van der Waals surface area contributed by atoms with Crippen LogP contribution < -0.4 is 0 Å². The van der Waals surface area contributed by atoms with Crippen molar-refractivity contribution in [3.05, 3.63) is 0 Å². The van der Waals surface area contributed by atoms with Crippen LogP contribution in [-0.4, -0.2) is 0 Å². The van der Waals surface area contributed by atoms with Gasteiger partial charge in [0.1, 0.15) is 0 Å². The topological polar surface area (TPSA) is 0 Å². The van der Waals surface area contributed by atoms with Gasteiger partial charge in [-0.2, -0.15) is 0 Å². The molecule has 0 aliphatic heterocycles. The van der Waals surface area contributed by atoms with Crippen molar-refractivity contribution in [2.75, 3.05) is 0 Å². The lowest BCUT2D eigenvalue weighted by atomic mass is 9.49. The van der Waals surface area contributed by atoms with Crippen LogP contribution in [0.3, 0.4) is 0 Å². The first kappa shape index (κ1) is 9.07. The van der Waals surface area contributed by atoms with Crippen molar-refractivity contribution >= 4 is 0 Å². The maximum atomic E-state index is 1.64.